The van der Waals surface area contributed by atoms with E-state index in [-0.39, 0.29) is 12.1 Å². The largest absolute Gasteiger partial charge is 0.285 e. The Morgan fingerprint density at radius 1 is 0.773 bits per heavy atom. The first-order valence-corrected chi connectivity index (χ1v) is 7.50. The molecule has 1 aliphatic carbocycles. The van der Waals surface area contributed by atoms with Crippen molar-refractivity contribution < 1.29 is 0 Å². The van der Waals surface area contributed by atoms with Crippen molar-refractivity contribution in [3.63, 3.8) is 0 Å². The van der Waals surface area contributed by atoms with Crippen molar-refractivity contribution in [2.24, 2.45) is 9.98 Å². The van der Waals surface area contributed by atoms with Gasteiger partial charge in [-0.1, -0.05) is 12.8 Å². The Balaban J connectivity index is 1.69. The molecule has 2 heterocycles. The van der Waals surface area contributed by atoms with Crippen LogP contribution in [0.4, 0.5) is 0 Å². The van der Waals surface area contributed by atoms with Crippen molar-refractivity contribution in [1.29, 1.82) is 0 Å². The van der Waals surface area contributed by atoms with Gasteiger partial charge in [0.25, 0.3) is 0 Å². The van der Waals surface area contributed by atoms with Crippen LogP contribution >= 0.6 is 0 Å². The molecule has 0 radical (unpaired) electrons. The summed E-state index contributed by atoms with van der Waals surface area (Å²) in [6.07, 6.45) is 18.2. The van der Waals surface area contributed by atoms with E-state index in [0.29, 0.717) is 0 Å². The maximum absolute atomic E-state index is 4.67. The molecule has 0 amide bonds. The molecule has 0 aliphatic heterocycles. The molecule has 1 saturated carbocycles. The summed E-state index contributed by atoms with van der Waals surface area (Å²) in [5, 5.41) is 0. The summed E-state index contributed by atoms with van der Waals surface area (Å²) >= 11 is 0. The molecule has 0 bridgehead atoms. The molecule has 6 heteroatoms. The van der Waals surface area contributed by atoms with E-state index in [1.54, 1.807) is 49.6 Å². The molecule has 1 aliphatic rings. The number of rotatable bonds is 4. The molecule has 1 fully saturated rings. The molecule has 112 valence electrons. The average Bonchev–Trinajstić information content (AvgIpc) is 2.61. The minimum Gasteiger partial charge on any atom is -0.285 e. The van der Waals surface area contributed by atoms with Crippen molar-refractivity contribution in [2.45, 2.75) is 37.8 Å². The van der Waals surface area contributed by atoms with Crippen LogP contribution in [-0.2, 0) is 0 Å². The first kappa shape index (κ1) is 14.4. The van der Waals surface area contributed by atoms with Gasteiger partial charge in [-0.3, -0.25) is 29.9 Å². The Morgan fingerprint density at radius 3 is 1.68 bits per heavy atom. The highest BCUT2D eigenvalue weighted by atomic mass is 14.9. The van der Waals surface area contributed by atoms with Crippen molar-refractivity contribution >= 4 is 12.4 Å². The van der Waals surface area contributed by atoms with Gasteiger partial charge in [-0.2, -0.15) is 0 Å². The maximum atomic E-state index is 4.67. The highest BCUT2D eigenvalue weighted by Gasteiger charge is 2.23. The molecule has 2 unspecified atom stereocenters. The Bertz CT molecular complexity index is 568. The number of aliphatic imine (C=N–C) groups is 2. The molecule has 6 nitrogen and oxygen atoms in total. The van der Waals surface area contributed by atoms with Crippen LogP contribution in [0.15, 0.2) is 47.2 Å². The molecule has 0 N–H and O–H groups in total. The summed E-state index contributed by atoms with van der Waals surface area (Å²) in [5.41, 5.74) is 1.56. The van der Waals surface area contributed by atoms with Crippen molar-refractivity contribution in [3.8, 4) is 0 Å². The Labute approximate surface area is 129 Å². The van der Waals surface area contributed by atoms with E-state index in [1.165, 1.54) is 12.8 Å². The highest BCUT2D eigenvalue weighted by molar-refractivity contribution is 5.77. The van der Waals surface area contributed by atoms with Crippen LogP contribution in [0.5, 0.6) is 0 Å². The lowest BCUT2D eigenvalue weighted by molar-refractivity contribution is 0.390. The molecule has 3 rings (SSSR count). The van der Waals surface area contributed by atoms with Crippen LogP contribution in [0.1, 0.15) is 37.1 Å². The van der Waals surface area contributed by atoms with Gasteiger partial charge in [0.2, 0.25) is 0 Å². The van der Waals surface area contributed by atoms with E-state index in [0.717, 1.165) is 24.2 Å². The van der Waals surface area contributed by atoms with E-state index in [2.05, 4.69) is 29.9 Å². The lowest BCUT2D eigenvalue weighted by Gasteiger charge is -2.25. The number of nitrogens with zero attached hydrogens (tertiary/aromatic N) is 6. The molecule has 0 saturated heterocycles. The summed E-state index contributed by atoms with van der Waals surface area (Å²) in [6.45, 7) is 0. The van der Waals surface area contributed by atoms with E-state index in [9.17, 15) is 0 Å². The normalized spacial score (nSPS) is 22.4. The van der Waals surface area contributed by atoms with E-state index in [1.807, 2.05) is 0 Å². The predicted octanol–water partition coefficient (Wildman–Crippen LogP) is 2.12. The number of hydrogen-bond acceptors (Lipinski definition) is 6. The van der Waals surface area contributed by atoms with Crippen LogP contribution in [0.25, 0.3) is 0 Å². The summed E-state index contributed by atoms with van der Waals surface area (Å²) in [7, 11) is 0. The number of aromatic nitrogens is 4. The molecular weight excluding hydrogens is 276 g/mol. The van der Waals surface area contributed by atoms with E-state index in [4.69, 9.17) is 0 Å². The topological polar surface area (TPSA) is 76.3 Å². The fourth-order valence-corrected chi connectivity index (χ4v) is 2.54. The zero-order valence-corrected chi connectivity index (χ0v) is 12.3. The molecule has 0 aromatic carbocycles. The van der Waals surface area contributed by atoms with Gasteiger partial charge < -0.3 is 0 Å². The summed E-state index contributed by atoms with van der Waals surface area (Å²) < 4.78 is 0. The van der Waals surface area contributed by atoms with Crippen LogP contribution in [0.2, 0.25) is 0 Å². The third kappa shape index (κ3) is 4.00. The second-order valence-corrected chi connectivity index (χ2v) is 5.24. The van der Waals surface area contributed by atoms with Crippen LogP contribution in [-0.4, -0.2) is 44.4 Å². The zero-order chi connectivity index (χ0) is 15.0. The molecule has 0 spiro atoms. The second-order valence-electron chi connectivity index (χ2n) is 5.24. The quantitative estimate of drug-likeness (QED) is 0.809. The minimum absolute atomic E-state index is 0.198. The highest BCUT2D eigenvalue weighted by Crippen LogP contribution is 2.23. The summed E-state index contributed by atoms with van der Waals surface area (Å²) in [5.74, 6) is 0. The third-order valence-corrected chi connectivity index (χ3v) is 3.66. The summed E-state index contributed by atoms with van der Waals surface area (Å²) in [4.78, 5) is 25.9. The lowest BCUT2D eigenvalue weighted by atomic mass is 9.91. The smallest absolute Gasteiger partial charge is 0.0991 e. The third-order valence-electron chi connectivity index (χ3n) is 3.66. The summed E-state index contributed by atoms with van der Waals surface area (Å²) in [6, 6.07) is 0.396. The van der Waals surface area contributed by atoms with Crippen molar-refractivity contribution in [2.75, 3.05) is 0 Å². The lowest BCUT2D eigenvalue weighted by Crippen LogP contribution is -2.27. The molecule has 2 atom stereocenters. The molecule has 2 aromatic rings. The standard InChI is InChI=1S/C16H18N6/c1-2-4-16(22-12-14-10-18-6-8-20-14)15(3-1)21-11-13-9-17-5-7-19-13/h5-12,15-16H,1-4H2/b21-11+,22-12+. The Kier molecular flexibility index (Phi) is 4.92. The number of hydrogen-bond donors (Lipinski definition) is 0. The van der Waals surface area contributed by atoms with Gasteiger partial charge in [-0.05, 0) is 12.8 Å². The van der Waals surface area contributed by atoms with Gasteiger partial charge in [-0.25, -0.2) is 0 Å². The first-order chi connectivity index (χ1) is 10.9. The fraction of sp³-hybridized carbons (Fsp3) is 0.375. The molecule has 22 heavy (non-hydrogen) atoms. The van der Waals surface area contributed by atoms with Crippen LogP contribution in [0.3, 0.4) is 0 Å². The average molecular weight is 294 g/mol. The Morgan fingerprint density at radius 2 is 1.27 bits per heavy atom. The fourth-order valence-electron chi connectivity index (χ4n) is 2.54. The van der Waals surface area contributed by atoms with Gasteiger partial charge in [0.15, 0.2) is 0 Å². The molecular formula is C16H18N6. The monoisotopic (exact) mass is 294 g/mol. The van der Waals surface area contributed by atoms with Crippen LogP contribution in [0, 0.1) is 0 Å². The molecule has 2 aromatic heterocycles. The van der Waals surface area contributed by atoms with E-state index < -0.39 is 0 Å². The van der Waals surface area contributed by atoms with Gasteiger partial charge in [0, 0.05) is 37.2 Å². The minimum atomic E-state index is 0.198. The van der Waals surface area contributed by atoms with Crippen molar-refractivity contribution in [1.82, 2.24) is 19.9 Å². The Hall–Kier alpha value is -2.50. The predicted molar refractivity (Wildman–Crippen MR) is 85.3 cm³/mol. The van der Waals surface area contributed by atoms with Gasteiger partial charge in [0.05, 0.1) is 35.9 Å². The SMILES string of the molecule is C(=N\C1CCCCC1/N=C/c1cnccn1)/c1cnccn1. The second kappa shape index (κ2) is 7.49. The first-order valence-electron chi connectivity index (χ1n) is 7.50. The van der Waals surface area contributed by atoms with E-state index >= 15 is 0 Å². The van der Waals surface area contributed by atoms with Gasteiger partial charge in [0.1, 0.15) is 0 Å². The van der Waals surface area contributed by atoms with Gasteiger partial charge in [-0.15, -0.1) is 0 Å². The van der Waals surface area contributed by atoms with Crippen molar-refractivity contribution in [3.05, 3.63) is 48.6 Å². The van der Waals surface area contributed by atoms with Gasteiger partial charge >= 0.3 is 0 Å². The zero-order valence-electron chi connectivity index (χ0n) is 12.3. The van der Waals surface area contributed by atoms with Crippen LogP contribution < -0.4 is 0 Å². The maximum Gasteiger partial charge on any atom is 0.0991 e.